The number of halogens is 2. The Hall–Kier alpha value is -3.34. The van der Waals surface area contributed by atoms with Gasteiger partial charge in [0.15, 0.2) is 0 Å². The van der Waals surface area contributed by atoms with Crippen molar-refractivity contribution in [2.45, 2.75) is 38.7 Å². The maximum Gasteiger partial charge on any atom is 0.249 e. The summed E-state index contributed by atoms with van der Waals surface area (Å²) in [5, 5.41) is 21.5. The molecule has 1 aliphatic heterocycles. The number of hydrogen-bond donors (Lipinski definition) is 3. The first-order valence-electron chi connectivity index (χ1n) is 12.6. The summed E-state index contributed by atoms with van der Waals surface area (Å²) in [6.07, 6.45) is 2.53. The van der Waals surface area contributed by atoms with Gasteiger partial charge in [-0.2, -0.15) is 0 Å². The molecule has 3 aromatic rings. The summed E-state index contributed by atoms with van der Waals surface area (Å²) in [6.45, 7) is 3.78. The third kappa shape index (κ3) is 6.20. The van der Waals surface area contributed by atoms with Gasteiger partial charge in [-0.25, -0.2) is 14.3 Å². The molecule has 204 valence electrons. The molecule has 1 saturated heterocycles. The number of benzene rings is 2. The van der Waals surface area contributed by atoms with Crippen LogP contribution in [0.4, 0.5) is 8.78 Å². The van der Waals surface area contributed by atoms with Gasteiger partial charge in [-0.05, 0) is 75.0 Å². The van der Waals surface area contributed by atoms with Crippen LogP contribution in [0.25, 0.3) is 10.9 Å². The van der Waals surface area contributed by atoms with Crippen molar-refractivity contribution >= 4 is 16.8 Å². The van der Waals surface area contributed by atoms with Gasteiger partial charge in [0.25, 0.3) is 0 Å². The number of carbonyl (C=O) groups is 1. The number of aliphatic hydroxyl groups is 1. The molecule has 0 bridgehead atoms. The number of ether oxygens (including phenoxy) is 2. The highest BCUT2D eigenvalue weighted by molar-refractivity contribution is 5.85. The van der Waals surface area contributed by atoms with Crippen molar-refractivity contribution in [2.24, 2.45) is 5.41 Å². The number of pyridine rings is 1. The van der Waals surface area contributed by atoms with Crippen LogP contribution in [0.3, 0.4) is 0 Å². The maximum absolute atomic E-state index is 13.4. The lowest BCUT2D eigenvalue weighted by molar-refractivity contribution is -0.143. The number of hydroxylamine groups is 1. The number of aryl methyl sites for hydroxylation is 1. The molecule has 2 heterocycles. The van der Waals surface area contributed by atoms with E-state index >= 15 is 0 Å². The Bertz CT molecular complexity index is 1260. The Morgan fingerprint density at radius 3 is 2.53 bits per heavy atom. The third-order valence-corrected chi connectivity index (χ3v) is 7.45. The molecule has 0 saturated carbocycles. The predicted molar refractivity (Wildman–Crippen MR) is 137 cm³/mol. The quantitative estimate of drug-likeness (QED) is 0.266. The highest BCUT2D eigenvalue weighted by atomic mass is 19.1. The van der Waals surface area contributed by atoms with Crippen molar-refractivity contribution in [3.63, 3.8) is 0 Å². The monoisotopic (exact) mass is 529 g/mol. The zero-order valence-corrected chi connectivity index (χ0v) is 21.5. The zero-order valence-electron chi connectivity index (χ0n) is 21.5. The highest BCUT2D eigenvalue weighted by Gasteiger charge is 2.41. The normalized spacial score (nSPS) is 16.3. The van der Waals surface area contributed by atoms with Crippen molar-refractivity contribution in [1.29, 1.82) is 0 Å². The molecule has 0 aliphatic carbocycles. The molecule has 1 fully saturated rings. The van der Waals surface area contributed by atoms with E-state index in [1.807, 2.05) is 30.6 Å². The first kappa shape index (κ1) is 27.7. The van der Waals surface area contributed by atoms with Crippen LogP contribution in [0.5, 0.6) is 11.5 Å². The first-order chi connectivity index (χ1) is 18.2. The van der Waals surface area contributed by atoms with E-state index in [4.69, 9.17) is 9.47 Å². The lowest BCUT2D eigenvalue weighted by Crippen LogP contribution is -2.49. The number of methoxy groups -OCH3 is 1. The predicted octanol–water partition coefficient (Wildman–Crippen LogP) is 4.31. The molecular weight excluding hydrogens is 496 g/mol. The molecule has 4 rings (SSSR count). The second-order valence-electron chi connectivity index (χ2n) is 9.81. The molecular formula is C28H33F2N3O5. The van der Waals surface area contributed by atoms with Crippen molar-refractivity contribution in [3.05, 3.63) is 65.4 Å². The number of amides is 1. The molecule has 1 aromatic heterocycles. The van der Waals surface area contributed by atoms with E-state index in [2.05, 4.69) is 9.88 Å². The summed E-state index contributed by atoms with van der Waals surface area (Å²) in [5.74, 6) is -1.08. The molecule has 0 unspecified atom stereocenters. The number of nitrogens with one attached hydrogen (secondary N) is 1. The molecule has 2 aromatic carbocycles. The third-order valence-electron chi connectivity index (χ3n) is 7.45. The summed E-state index contributed by atoms with van der Waals surface area (Å²) < 4.78 is 37.6. The Morgan fingerprint density at radius 2 is 1.87 bits per heavy atom. The number of hydrogen-bond acceptors (Lipinski definition) is 7. The van der Waals surface area contributed by atoms with Gasteiger partial charge in [-0.1, -0.05) is 0 Å². The van der Waals surface area contributed by atoms with Crippen LogP contribution in [0, 0.1) is 24.0 Å². The fourth-order valence-corrected chi connectivity index (χ4v) is 5.24. The Morgan fingerprint density at radius 1 is 1.16 bits per heavy atom. The zero-order chi connectivity index (χ0) is 27.3. The van der Waals surface area contributed by atoms with Gasteiger partial charge >= 0.3 is 0 Å². The average molecular weight is 530 g/mol. The van der Waals surface area contributed by atoms with Crippen molar-refractivity contribution < 1.29 is 33.4 Å². The lowest BCUT2D eigenvalue weighted by atomic mass is 9.73. The van der Waals surface area contributed by atoms with E-state index in [1.54, 1.807) is 13.3 Å². The van der Waals surface area contributed by atoms with Gasteiger partial charge in [0.2, 0.25) is 5.91 Å². The number of aliphatic hydroxyl groups excluding tert-OH is 1. The van der Waals surface area contributed by atoms with Crippen LogP contribution in [0.2, 0.25) is 0 Å². The molecule has 3 N–H and O–H groups in total. The fourth-order valence-electron chi connectivity index (χ4n) is 5.24. The molecule has 0 radical (unpaired) electrons. The number of piperidine rings is 1. The van der Waals surface area contributed by atoms with Crippen LogP contribution in [-0.2, 0) is 4.79 Å². The number of carbonyl (C=O) groups excluding carboxylic acids is 1. The maximum atomic E-state index is 13.4. The average Bonchev–Trinajstić information content (AvgIpc) is 2.91. The second kappa shape index (κ2) is 12.0. The molecule has 8 nitrogen and oxygen atoms in total. The summed E-state index contributed by atoms with van der Waals surface area (Å²) in [7, 11) is 1.58. The Labute approximate surface area is 220 Å². The standard InChI is InChI=1S/C28H33F2N3O5/c1-18-17-31-24-4-3-21(37-2)16-23(24)26(18)25(34)5-6-28(27(35)32-36)7-9-33(10-8-28)11-12-38-22-14-19(29)13-20(30)15-22/h3-4,13-17,25,34,36H,5-12H2,1-2H3,(H,32,35)/t25-/m1/s1. The van der Waals surface area contributed by atoms with Crippen molar-refractivity contribution in [3.8, 4) is 11.5 Å². The molecule has 1 aliphatic rings. The van der Waals surface area contributed by atoms with E-state index in [9.17, 15) is 23.9 Å². The molecule has 38 heavy (non-hydrogen) atoms. The number of aromatic nitrogens is 1. The van der Waals surface area contributed by atoms with Crippen LogP contribution in [0.1, 0.15) is 42.9 Å². The summed E-state index contributed by atoms with van der Waals surface area (Å²) in [4.78, 5) is 19.3. The summed E-state index contributed by atoms with van der Waals surface area (Å²) in [6, 6.07) is 8.56. The van der Waals surface area contributed by atoms with E-state index in [0.717, 1.165) is 40.2 Å². The Balaban J connectivity index is 1.39. The second-order valence-corrected chi connectivity index (χ2v) is 9.81. The van der Waals surface area contributed by atoms with E-state index in [1.165, 1.54) is 0 Å². The smallest absolute Gasteiger partial charge is 0.249 e. The topological polar surface area (TPSA) is 104 Å². The van der Waals surface area contributed by atoms with Gasteiger partial charge < -0.3 is 14.6 Å². The number of fused-ring (bicyclic) bond motifs is 1. The first-order valence-corrected chi connectivity index (χ1v) is 12.6. The summed E-state index contributed by atoms with van der Waals surface area (Å²) >= 11 is 0. The minimum absolute atomic E-state index is 0.124. The molecule has 1 amide bonds. The van der Waals surface area contributed by atoms with Crippen LogP contribution in [-0.4, -0.2) is 59.5 Å². The number of rotatable bonds is 10. The van der Waals surface area contributed by atoms with Crippen LogP contribution in [0.15, 0.2) is 42.6 Å². The fraction of sp³-hybridized carbons (Fsp3) is 0.429. The lowest BCUT2D eigenvalue weighted by Gasteiger charge is -2.40. The van der Waals surface area contributed by atoms with E-state index in [-0.39, 0.29) is 12.4 Å². The minimum atomic E-state index is -0.840. The van der Waals surface area contributed by atoms with Gasteiger partial charge in [0.1, 0.15) is 29.7 Å². The van der Waals surface area contributed by atoms with Gasteiger partial charge in [0, 0.05) is 36.3 Å². The SMILES string of the molecule is COc1ccc2ncc(C)c([C@H](O)CCC3(C(=O)NO)CCN(CCOc4cc(F)cc(F)c4)CC3)c2c1. The number of nitrogens with zero attached hydrogens (tertiary/aromatic N) is 2. The van der Waals surface area contributed by atoms with Gasteiger partial charge in [-0.15, -0.1) is 0 Å². The van der Waals surface area contributed by atoms with E-state index in [0.29, 0.717) is 51.1 Å². The molecule has 10 heteroatoms. The van der Waals surface area contributed by atoms with Gasteiger partial charge in [0.05, 0.1) is 24.1 Å². The largest absolute Gasteiger partial charge is 0.497 e. The minimum Gasteiger partial charge on any atom is -0.497 e. The van der Waals surface area contributed by atoms with Crippen molar-refractivity contribution in [2.75, 3.05) is 33.4 Å². The van der Waals surface area contributed by atoms with Gasteiger partial charge in [-0.3, -0.25) is 19.9 Å². The Kier molecular flexibility index (Phi) is 8.76. The summed E-state index contributed by atoms with van der Waals surface area (Å²) in [5.41, 5.74) is 3.31. The molecule has 0 spiro atoms. The highest BCUT2D eigenvalue weighted by Crippen LogP contribution is 2.40. The van der Waals surface area contributed by atoms with Crippen LogP contribution < -0.4 is 15.0 Å². The van der Waals surface area contributed by atoms with Crippen molar-refractivity contribution in [1.82, 2.24) is 15.4 Å². The van der Waals surface area contributed by atoms with Crippen LogP contribution >= 0.6 is 0 Å². The van der Waals surface area contributed by atoms with E-state index < -0.39 is 29.1 Å². The molecule has 1 atom stereocenters. The number of likely N-dealkylation sites (tertiary alicyclic amines) is 1.